The Balaban J connectivity index is 1.79. The van der Waals surface area contributed by atoms with Crippen LogP contribution >= 0.6 is 27.9 Å². The second-order valence-electron chi connectivity index (χ2n) is 3.68. The van der Waals surface area contributed by atoms with Crippen LogP contribution in [0, 0.1) is 0 Å². The van der Waals surface area contributed by atoms with Crippen molar-refractivity contribution in [3.05, 3.63) is 28.7 Å². The largest absolute Gasteiger partial charge is 0.330 e. The van der Waals surface area contributed by atoms with E-state index in [1.54, 1.807) is 0 Å². The van der Waals surface area contributed by atoms with Gasteiger partial charge in [-0.1, -0.05) is 15.9 Å². The van der Waals surface area contributed by atoms with Gasteiger partial charge < -0.3 is 10.0 Å². The van der Waals surface area contributed by atoms with Gasteiger partial charge in [0, 0.05) is 15.4 Å². The second-order valence-corrected chi connectivity index (χ2v) is 5.70. The number of benzene rings is 1. The van der Waals surface area contributed by atoms with Crippen LogP contribution in [0.5, 0.6) is 0 Å². The van der Waals surface area contributed by atoms with Gasteiger partial charge in [0.1, 0.15) is 0 Å². The van der Waals surface area contributed by atoms with Crippen molar-refractivity contribution in [2.75, 3.05) is 17.8 Å². The number of halogens is 1. The fourth-order valence-corrected chi connectivity index (χ4v) is 2.76. The zero-order valence-electron chi connectivity index (χ0n) is 8.50. The first-order chi connectivity index (χ1) is 7.34. The highest BCUT2D eigenvalue weighted by Gasteiger charge is 2.13. The van der Waals surface area contributed by atoms with E-state index in [0.717, 1.165) is 22.8 Å². The number of hydrogen-bond donors (Lipinski definition) is 2. The fraction of sp³-hybridized carbons (Fsp3) is 0.455. The molecule has 1 aromatic carbocycles. The van der Waals surface area contributed by atoms with Crippen LogP contribution in [0.25, 0.3) is 0 Å². The van der Waals surface area contributed by atoms with Gasteiger partial charge in [0.05, 0.1) is 0 Å². The summed E-state index contributed by atoms with van der Waals surface area (Å²) in [6, 6.07) is 8.31. The normalized spacial score (nSPS) is 17.7. The molecule has 2 rings (SSSR count). The Morgan fingerprint density at radius 3 is 2.53 bits per heavy atom. The van der Waals surface area contributed by atoms with E-state index in [4.69, 9.17) is 0 Å². The minimum atomic E-state index is 0.745. The van der Waals surface area contributed by atoms with Crippen LogP contribution in [-0.2, 0) is 0 Å². The van der Waals surface area contributed by atoms with Crippen LogP contribution in [0.3, 0.4) is 0 Å². The number of rotatable bonds is 3. The molecule has 1 fully saturated rings. The van der Waals surface area contributed by atoms with Gasteiger partial charge in [0.25, 0.3) is 0 Å². The Morgan fingerprint density at radius 2 is 1.87 bits per heavy atom. The maximum Gasteiger partial charge on any atom is 0.0440 e. The SMILES string of the molecule is Brc1ccc(NSC2CCNCC2)cc1. The van der Waals surface area contributed by atoms with Crippen molar-refractivity contribution in [3.63, 3.8) is 0 Å². The number of nitrogens with one attached hydrogen (secondary N) is 2. The predicted octanol–water partition coefficient (Wildman–Crippen LogP) is 3.26. The molecule has 1 aliphatic rings. The standard InChI is InChI=1S/C11H15BrN2S/c12-9-1-3-10(4-2-9)14-15-11-5-7-13-8-6-11/h1-4,11,13-14H,5-8H2. The third-order valence-corrected chi connectivity index (χ3v) is 4.16. The molecule has 82 valence electrons. The molecule has 0 unspecified atom stereocenters. The summed E-state index contributed by atoms with van der Waals surface area (Å²) < 4.78 is 4.53. The number of hydrogen-bond acceptors (Lipinski definition) is 3. The lowest BCUT2D eigenvalue weighted by Crippen LogP contribution is -2.29. The molecule has 0 aliphatic carbocycles. The Bertz CT molecular complexity index is 296. The summed E-state index contributed by atoms with van der Waals surface area (Å²) >= 11 is 5.28. The van der Waals surface area contributed by atoms with Crippen molar-refractivity contribution >= 4 is 33.6 Å². The maximum atomic E-state index is 3.43. The quantitative estimate of drug-likeness (QED) is 0.834. The van der Waals surface area contributed by atoms with E-state index in [1.807, 2.05) is 11.9 Å². The fourth-order valence-electron chi connectivity index (χ4n) is 1.58. The molecule has 0 saturated carbocycles. The molecule has 0 aromatic heterocycles. The molecule has 2 N–H and O–H groups in total. The van der Waals surface area contributed by atoms with Gasteiger partial charge in [-0.15, -0.1) is 0 Å². The summed E-state index contributed by atoms with van der Waals surface area (Å²) in [5, 5.41) is 4.12. The molecule has 1 aliphatic heterocycles. The molecule has 1 saturated heterocycles. The van der Waals surface area contributed by atoms with Crippen LogP contribution in [-0.4, -0.2) is 18.3 Å². The third-order valence-electron chi connectivity index (χ3n) is 2.47. The molecule has 0 bridgehead atoms. The molecule has 0 amide bonds. The monoisotopic (exact) mass is 286 g/mol. The van der Waals surface area contributed by atoms with Gasteiger partial charge in [-0.3, -0.25) is 0 Å². The Labute approximate surface area is 103 Å². The average Bonchev–Trinajstić information content (AvgIpc) is 2.30. The van der Waals surface area contributed by atoms with Crippen molar-refractivity contribution in [1.82, 2.24) is 5.32 Å². The molecule has 0 atom stereocenters. The molecule has 4 heteroatoms. The van der Waals surface area contributed by atoms with Crippen molar-refractivity contribution < 1.29 is 0 Å². The van der Waals surface area contributed by atoms with E-state index < -0.39 is 0 Å². The smallest absolute Gasteiger partial charge is 0.0440 e. The van der Waals surface area contributed by atoms with Crippen LogP contribution < -0.4 is 10.0 Å². The molecule has 15 heavy (non-hydrogen) atoms. The van der Waals surface area contributed by atoms with Crippen molar-refractivity contribution in [2.24, 2.45) is 0 Å². The maximum absolute atomic E-state index is 3.43. The first-order valence-corrected chi connectivity index (χ1v) is 6.90. The first-order valence-electron chi connectivity index (χ1n) is 5.22. The third kappa shape index (κ3) is 3.70. The molecule has 0 spiro atoms. The predicted molar refractivity (Wildman–Crippen MR) is 71.2 cm³/mol. The van der Waals surface area contributed by atoms with Gasteiger partial charge >= 0.3 is 0 Å². The molecule has 1 aromatic rings. The first kappa shape index (κ1) is 11.3. The second kappa shape index (κ2) is 5.77. The van der Waals surface area contributed by atoms with Gasteiger partial charge in [0.2, 0.25) is 0 Å². The molecule has 2 nitrogen and oxygen atoms in total. The lowest BCUT2D eigenvalue weighted by atomic mass is 10.2. The van der Waals surface area contributed by atoms with Gasteiger partial charge in [-0.2, -0.15) is 0 Å². The van der Waals surface area contributed by atoms with Crippen molar-refractivity contribution in [2.45, 2.75) is 18.1 Å². The molecular weight excluding hydrogens is 272 g/mol. The lowest BCUT2D eigenvalue weighted by Gasteiger charge is -2.22. The Morgan fingerprint density at radius 1 is 1.20 bits per heavy atom. The zero-order valence-corrected chi connectivity index (χ0v) is 10.9. The van der Waals surface area contributed by atoms with E-state index in [-0.39, 0.29) is 0 Å². The van der Waals surface area contributed by atoms with Gasteiger partial charge in [0.15, 0.2) is 0 Å². The summed E-state index contributed by atoms with van der Waals surface area (Å²) in [5.41, 5.74) is 1.18. The van der Waals surface area contributed by atoms with E-state index >= 15 is 0 Å². The van der Waals surface area contributed by atoms with E-state index in [1.165, 1.54) is 18.5 Å². The zero-order chi connectivity index (χ0) is 10.5. The molecule has 0 radical (unpaired) electrons. The van der Waals surface area contributed by atoms with Crippen molar-refractivity contribution in [3.8, 4) is 0 Å². The summed E-state index contributed by atoms with van der Waals surface area (Å²) in [6.07, 6.45) is 2.52. The van der Waals surface area contributed by atoms with Crippen LogP contribution in [0.2, 0.25) is 0 Å². The highest BCUT2D eigenvalue weighted by atomic mass is 79.9. The summed E-state index contributed by atoms with van der Waals surface area (Å²) in [7, 11) is 0. The van der Waals surface area contributed by atoms with Crippen LogP contribution in [0.1, 0.15) is 12.8 Å². The minimum absolute atomic E-state index is 0.745. The highest BCUT2D eigenvalue weighted by molar-refractivity contribution is 9.10. The molecule has 1 heterocycles. The summed E-state index contributed by atoms with van der Waals surface area (Å²) in [6.45, 7) is 2.30. The minimum Gasteiger partial charge on any atom is -0.330 e. The number of piperidine rings is 1. The topological polar surface area (TPSA) is 24.1 Å². The van der Waals surface area contributed by atoms with E-state index in [9.17, 15) is 0 Å². The number of anilines is 1. The highest BCUT2D eigenvalue weighted by Crippen LogP contribution is 2.23. The van der Waals surface area contributed by atoms with Crippen LogP contribution in [0.15, 0.2) is 28.7 Å². The van der Waals surface area contributed by atoms with E-state index in [0.29, 0.717) is 0 Å². The Kier molecular flexibility index (Phi) is 4.35. The van der Waals surface area contributed by atoms with Gasteiger partial charge in [-0.05, 0) is 62.1 Å². The molecular formula is C11H15BrN2S. The van der Waals surface area contributed by atoms with Gasteiger partial charge in [-0.25, -0.2) is 0 Å². The Hall–Kier alpha value is -0.190. The van der Waals surface area contributed by atoms with E-state index in [2.05, 4.69) is 50.2 Å². The average molecular weight is 287 g/mol. The van der Waals surface area contributed by atoms with Crippen molar-refractivity contribution in [1.29, 1.82) is 0 Å². The lowest BCUT2D eigenvalue weighted by molar-refractivity contribution is 0.532. The summed E-state index contributed by atoms with van der Waals surface area (Å²) in [4.78, 5) is 0. The van der Waals surface area contributed by atoms with Crippen LogP contribution in [0.4, 0.5) is 5.69 Å². The summed E-state index contributed by atoms with van der Waals surface area (Å²) in [5.74, 6) is 0.